The molecule has 0 spiro atoms. The van der Waals surface area contributed by atoms with E-state index in [1.165, 1.54) is 12.1 Å². The van der Waals surface area contributed by atoms with Crippen molar-refractivity contribution in [1.29, 1.82) is 0 Å². The first kappa shape index (κ1) is 12.0. The molecule has 1 saturated heterocycles. The largest absolute Gasteiger partial charge is 0.370 e. The highest BCUT2D eigenvalue weighted by Crippen LogP contribution is 2.24. The number of hydrogen-bond donors (Lipinski definition) is 0. The van der Waals surface area contributed by atoms with Gasteiger partial charge >= 0.3 is 0 Å². The Balaban J connectivity index is 1.76. The van der Waals surface area contributed by atoms with Gasteiger partial charge in [0, 0.05) is 18.9 Å². The Hall–Kier alpha value is -2.01. The van der Waals surface area contributed by atoms with E-state index >= 15 is 0 Å². The predicted octanol–water partition coefficient (Wildman–Crippen LogP) is 2.19. The van der Waals surface area contributed by atoms with Gasteiger partial charge in [-0.2, -0.15) is 0 Å². The van der Waals surface area contributed by atoms with E-state index < -0.39 is 0 Å². The van der Waals surface area contributed by atoms with Crippen LogP contribution in [0.5, 0.6) is 0 Å². The van der Waals surface area contributed by atoms with Gasteiger partial charge in [-0.1, -0.05) is 12.1 Å². The van der Waals surface area contributed by atoms with Crippen molar-refractivity contribution in [1.82, 2.24) is 9.97 Å². The summed E-state index contributed by atoms with van der Waals surface area (Å²) in [6, 6.07) is 8.22. The van der Waals surface area contributed by atoms with Gasteiger partial charge in [-0.15, -0.1) is 0 Å². The third-order valence-corrected chi connectivity index (χ3v) is 3.14. The van der Waals surface area contributed by atoms with Crippen molar-refractivity contribution in [2.45, 2.75) is 6.10 Å². The Labute approximate surface area is 110 Å². The lowest BCUT2D eigenvalue weighted by molar-refractivity contribution is 0.0392. The second kappa shape index (κ2) is 5.32. The number of morpholine rings is 1. The summed E-state index contributed by atoms with van der Waals surface area (Å²) in [7, 11) is 0. The van der Waals surface area contributed by atoms with E-state index in [1.54, 1.807) is 30.6 Å². The maximum atomic E-state index is 12.9. The Morgan fingerprint density at radius 1 is 1.16 bits per heavy atom. The molecule has 0 bridgehead atoms. The fourth-order valence-corrected chi connectivity index (χ4v) is 2.16. The van der Waals surface area contributed by atoms with Gasteiger partial charge in [-0.05, 0) is 23.8 Å². The minimum Gasteiger partial charge on any atom is -0.370 e. The molecule has 0 aliphatic carbocycles. The fraction of sp³-hybridized carbons (Fsp3) is 0.286. The number of halogens is 1. The Morgan fingerprint density at radius 2 is 1.89 bits per heavy atom. The molecule has 1 aliphatic rings. The van der Waals surface area contributed by atoms with E-state index in [0.29, 0.717) is 19.1 Å². The van der Waals surface area contributed by atoms with E-state index in [0.717, 1.165) is 12.1 Å². The molecule has 0 amide bonds. The van der Waals surface area contributed by atoms with Crippen LogP contribution in [0, 0.1) is 5.82 Å². The van der Waals surface area contributed by atoms with Gasteiger partial charge in [0.1, 0.15) is 11.9 Å². The van der Waals surface area contributed by atoms with Crippen molar-refractivity contribution >= 4 is 5.95 Å². The summed E-state index contributed by atoms with van der Waals surface area (Å²) in [6.07, 6.45) is 3.38. The normalized spacial score (nSPS) is 19.4. The topological polar surface area (TPSA) is 38.2 Å². The maximum Gasteiger partial charge on any atom is 0.225 e. The Kier molecular flexibility index (Phi) is 3.37. The molecule has 1 atom stereocenters. The van der Waals surface area contributed by atoms with Gasteiger partial charge in [0.25, 0.3) is 0 Å². The second-order valence-corrected chi connectivity index (χ2v) is 4.41. The first-order valence-corrected chi connectivity index (χ1v) is 6.22. The smallest absolute Gasteiger partial charge is 0.225 e. The average molecular weight is 259 g/mol. The number of ether oxygens (including phenoxy) is 1. The summed E-state index contributed by atoms with van der Waals surface area (Å²) < 4.78 is 18.7. The highest BCUT2D eigenvalue weighted by atomic mass is 19.1. The molecule has 5 heteroatoms. The van der Waals surface area contributed by atoms with E-state index in [2.05, 4.69) is 14.9 Å². The molecule has 19 heavy (non-hydrogen) atoms. The molecule has 0 radical (unpaired) electrons. The SMILES string of the molecule is Fc1ccc(C2CN(c3ncccn3)CCO2)cc1. The zero-order valence-corrected chi connectivity index (χ0v) is 10.4. The number of anilines is 1. The standard InChI is InChI=1S/C14H14FN3O/c15-12-4-2-11(3-5-12)13-10-18(8-9-19-13)14-16-6-1-7-17-14/h1-7,13H,8-10H2. The highest BCUT2D eigenvalue weighted by molar-refractivity contribution is 5.31. The van der Waals surface area contributed by atoms with Crippen LogP contribution in [0.25, 0.3) is 0 Å². The number of hydrogen-bond acceptors (Lipinski definition) is 4. The van der Waals surface area contributed by atoms with E-state index in [1.807, 2.05) is 0 Å². The Bertz CT molecular complexity index is 532. The fourth-order valence-electron chi connectivity index (χ4n) is 2.16. The summed E-state index contributed by atoms with van der Waals surface area (Å²) in [5, 5.41) is 0. The lowest BCUT2D eigenvalue weighted by Crippen LogP contribution is -2.39. The van der Waals surface area contributed by atoms with Crippen LogP contribution in [0.2, 0.25) is 0 Å². The van der Waals surface area contributed by atoms with Gasteiger partial charge in [0.15, 0.2) is 0 Å². The van der Waals surface area contributed by atoms with Crippen molar-refractivity contribution < 1.29 is 9.13 Å². The second-order valence-electron chi connectivity index (χ2n) is 4.41. The summed E-state index contributed by atoms with van der Waals surface area (Å²) in [6.45, 7) is 2.05. The molecule has 0 N–H and O–H groups in total. The summed E-state index contributed by atoms with van der Waals surface area (Å²) in [4.78, 5) is 10.6. The quantitative estimate of drug-likeness (QED) is 0.828. The van der Waals surface area contributed by atoms with Crippen LogP contribution in [0.3, 0.4) is 0 Å². The minimum absolute atomic E-state index is 0.0712. The van der Waals surface area contributed by atoms with Crippen LogP contribution in [-0.4, -0.2) is 29.7 Å². The minimum atomic E-state index is -0.234. The van der Waals surface area contributed by atoms with E-state index in [-0.39, 0.29) is 11.9 Å². The zero-order valence-electron chi connectivity index (χ0n) is 10.4. The van der Waals surface area contributed by atoms with Gasteiger partial charge in [0.2, 0.25) is 5.95 Å². The van der Waals surface area contributed by atoms with E-state index in [9.17, 15) is 4.39 Å². The molecule has 3 rings (SSSR count). The van der Waals surface area contributed by atoms with Crippen LogP contribution in [0.4, 0.5) is 10.3 Å². The predicted molar refractivity (Wildman–Crippen MR) is 69.3 cm³/mol. The van der Waals surface area contributed by atoms with E-state index in [4.69, 9.17) is 4.74 Å². The molecule has 98 valence electrons. The lowest BCUT2D eigenvalue weighted by Gasteiger charge is -2.33. The van der Waals surface area contributed by atoms with Crippen LogP contribution in [-0.2, 0) is 4.74 Å². The summed E-state index contributed by atoms with van der Waals surface area (Å²) >= 11 is 0. The first-order valence-electron chi connectivity index (χ1n) is 6.22. The van der Waals surface area contributed by atoms with Crippen molar-refractivity contribution in [3.63, 3.8) is 0 Å². The van der Waals surface area contributed by atoms with Crippen LogP contribution >= 0.6 is 0 Å². The molecule has 2 heterocycles. The average Bonchev–Trinajstić information content (AvgIpc) is 2.49. The third-order valence-electron chi connectivity index (χ3n) is 3.14. The number of nitrogens with zero attached hydrogens (tertiary/aromatic N) is 3. The van der Waals surface area contributed by atoms with Crippen molar-refractivity contribution in [2.24, 2.45) is 0 Å². The first-order chi connectivity index (χ1) is 9.33. The van der Waals surface area contributed by atoms with Crippen molar-refractivity contribution in [3.05, 3.63) is 54.1 Å². The molecule has 1 aromatic heterocycles. The van der Waals surface area contributed by atoms with Gasteiger partial charge in [0.05, 0.1) is 13.2 Å². The lowest BCUT2D eigenvalue weighted by atomic mass is 10.1. The molecule has 1 aromatic carbocycles. The van der Waals surface area contributed by atoms with Crippen LogP contribution in [0.15, 0.2) is 42.7 Å². The summed E-state index contributed by atoms with van der Waals surface area (Å²) in [5.41, 5.74) is 0.974. The van der Waals surface area contributed by atoms with Crippen LogP contribution < -0.4 is 4.90 Å². The molecular formula is C14H14FN3O. The van der Waals surface area contributed by atoms with Crippen molar-refractivity contribution in [2.75, 3.05) is 24.6 Å². The molecule has 1 aliphatic heterocycles. The molecule has 0 saturated carbocycles. The van der Waals surface area contributed by atoms with Gasteiger partial charge in [-0.3, -0.25) is 0 Å². The van der Waals surface area contributed by atoms with Gasteiger partial charge < -0.3 is 9.64 Å². The highest BCUT2D eigenvalue weighted by Gasteiger charge is 2.23. The van der Waals surface area contributed by atoms with Crippen LogP contribution in [0.1, 0.15) is 11.7 Å². The number of aromatic nitrogens is 2. The molecule has 1 unspecified atom stereocenters. The third kappa shape index (κ3) is 2.71. The summed E-state index contributed by atoms with van der Waals surface area (Å²) in [5.74, 6) is 0.473. The zero-order chi connectivity index (χ0) is 13.1. The molecule has 2 aromatic rings. The number of rotatable bonds is 2. The molecule has 1 fully saturated rings. The van der Waals surface area contributed by atoms with Gasteiger partial charge in [-0.25, -0.2) is 14.4 Å². The molecule has 4 nitrogen and oxygen atoms in total. The maximum absolute atomic E-state index is 12.9. The molecular weight excluding hydrogens is 245 g/mol. The van der Waals surface area contributed by atoms with Crippen molar-refractivity contribution in [3.8, 4) is 0 Å². The Morgan fingerprint density at radius 3 is 2.63 bits per heavy atom. The monoisotopic (exact) mass is 259 g/mol. The number of benzene rings is 1.